The molecule has 0 N–H and O–H groups in total. The van der Waals surface area contributed by atoms with Gasteiger partial charge in [0.25, 0.3) is 5.91 Å². The summed E-state index contributed by atoms with van der Waals surface area (Å²) in [4.78, 5) is 26.1. The van der Waals surface area contributed by atoms with Crippen LogP contribution in [0.2, 0.25) is 0 Å². The van der Waals surface area contributed by atoms with Crippen molar-refractivity contribution in [3.63, 3.8) is 0 Å². The molecule has 1 aliphatic rings. The van der Waals surface area contributed by atoms with E-state index in [1.807, 2.05) is 62.4 Å². The number of nitrogens with zero attached hydrogens (tertiary/aromatic N) is 1. The molecule has 1 heterocycles. The second-order valence-electron chi connectivity index (χ2n) is 6.10. The van der Waals surface area contributed by atoms with Crippen molar-refractivity contribution in [2.45, 2.75) is 39.3 Å². The highest BCUT2D eigenvalue weighted by Crippen LogP contribution is 2.28. The number of hydrogen-bond donors (Lipinski definition) is 0. The van der Waals surface area contributed by atoms with Gasteiger partial charge in [0.2, 0.25) is 0 Å². The number of ether oxygens (including phenoxy) is 1. The molecule has 1 aliphatic heterocycles. The fourth-order valence-electron chi connectivity index (χ4n) is 2.77. The minimum Gasteiger partial charge on any atom is -0.462 e. The minimum absolute atomic E-state index is 0.0227. The summed E-state index contributed by atoms with van der Waals surface area (Å²) in [7, 11) is 0. The zero-order valence-corrected chi connectivity index (χ0v) is 14.0. The number of anilines is 1. The lowest BCUT2D eigenvalue weighted by Gasteiger charge is -2.16. The average Bonchev–Trinajstić information content (AvgIpc) is 2.92. The maximum absolute atomic E-state index is 12.5. The Hall–Kier alpha value is -2.62. The molecule has 0 spiro atoms. The molecule has 0 aromatic heterocycles. The van der Waals surface area contributed by atoms with Crippen molar-refractivity contribution >= 4 is 17.6 Å². The third-order valence-corrected chi connectivity index (χ3v) is 4.33. The van der Waals surface area contributed by atoms with Crippen LogP contribution in [0.4, 0.5) is 5.69 Å². The van der Waals surface area contributed by atoms with Gasteiger partial charge in [-0.05, 0) is 42.7 Å². The SMILES string of the molecule is CCC(C)OC(=O)Cc1ccc(N2Cc3ccccc3C2=O)cc1. The van der Waals surface area contributed by atoms with Gasteiger partial charge in [0.05, 0.1) is 19.1 Å². The number of amides is 1. The number of esters is 1. The molecule has 0 aliphatic carbocycles. The topological polar surface area (TPSA) is 46.6 Å². The van der Waals surface area contributed by atoms with Crippen molar-refractivity contribution in [3.8, 4) is 0 Å². The molecule has 1 unspecified atom stereocenters. The molecule has 4 nitrogen and oxygen atoms in total. The standard InChI is InChI=1S/C20H21NO3/c1-3-14(2)24-19(22)12-15-8-10-17(11-9-15)21-13-16-6-4-5-7-18(16)20(21)23/h4-11,14H,3,12-13H2,1-2H3. The number of rotatable bonds is 5. The van der Waals surface area contributed by atoms with Crippen LogP contribution < -0.4 is 4.90 Å². The van der Waals surface area contributed by atoms with Gasteiger partial charge in [0, 0.05) is 11.3 Å². The predicted octanol–water partition coefficient (Wildman–Crippen LogP) is 3.73. The summed E-state index contributed by atoms with van der Waals surface area (Å²) in [6.45, 7) is 4.46. The third kappa shape index (κ3) is 3.32. The number of fused-ring (bicyclic) bond motifs is 1. The van der Waals surface area contributed by atoms with Crippen molar-refractivity contribution in [2.24, 2.45) is 0 Å². The Balaban J connectivity index is 1.68. The second kappa shape index (κ2) is 6.87. The Bertz CT molecular complexity index is 752. The molecule has 3 rings (SSSR count). The summed E-state index contributed by atoms with van der Waals surface area (Å²) in [5.41, 5.74) is 3.54. The Labute approximate surface area is 142 Å². The number of carbonyl (C=O) groups is 2. The molecule has 124 valence electrons. The van der Waals surface area contributed by atoms with Crippen molar-refractivity contribution in [2.75, 3.05) is 4.90 Å². The van der Waals surface area contributed by atoms with Crippen molar-refractivity contribution in [1.29, 1.82) is 0 Å². The first kappa shape index (κ1) is 16.2. The van der Waals surface area contributed by atoms with Crippen LogP contribution >= 0.6 is 0 Å². The molecule has 1 atom stereocenters. The molecule has 0 saturated heterocycles. The van der Waals surface area contributed by atoms with Crippen LogP contribution in [0.15, 0.2) is 48.5 Å². The van der Waals surface area contributed by atoms with Crippen LogP contribution in [0.25, 0.3) is 0 Å². The van der Waals surface area contributed by atoms with Gasteiger partial charge in [-0.2, -0.15) is 0 Å². The lowest BCUT2D eigenvalue weighted by molar-refractivity contribution is -0.147. The summed E-state index contributed by atoms with van der Waals surface area (Å²) in [5.74, 6) is -0.198. The van der Waals surface area contributed by atoms with E-state index in [2.05, 4.69) is 0 Å². The van der Waals surface area contributed by atoms with Gasteiger partial charge in [-0.25, -0.2) is 0 Å². The molecule has 2 aromatic carbocycles. The van der Waals surface area contributed by atoms with Crippen molar-refractivity contribution in [1.82, 2.24) is 0 Å². The van der Waals surface area contributed by atoms with Gasteiger partial charge in [-0.15, -0.1) is 0 Å². The molecule has 4 heteroatoms. The van der Waals surface area contributed by atoms with Crippen LogP contribution in [-0.4, -0.2) is 18.0 Å². The lowest BCUT2D eigenvalue weighted by atomic mass is 10.1. The van der Waals surface area contributed by atoms with E-state index in [0.29, 0.717) is 6.54 Å². The molecule has 2 aromatic rings. The largest absolute Gasteiger partial charge is 0.462 e. The Morgan fingerprint density at radius 3 is 2.54 bits per heavy atom. The molecule has 24 heavy (non-hydrogen) atoms. The van der Waals surface area contributed by atoms with E-state index in [1.165, 1.54) is 0 Å². The summed E-state index contributed by atoms with van der Waals surface area (Å²) in [5, 5.41) is 0. The molecule has 0 radical (unpaired) electrons. The number of hydrogen-bond acceptors (Lipinski definition) is 3. The molecule has 1 amide bonds. The maximum atomic E-state index is 12.5. The minimum atomic E-state index is -0.221. The zero-order chi connectivity index (χ0) is 17.1. The van der Waals surface area contributed by atoms with Gasteiger partial charge in [-0.1, -0.05) is 37.3 Å². The summed E-state index contributed by atoms with van der Waals surface area (Å²) in [6.07, 6.45) is 0.999. The van der Waals surface area contributed by atoms with Crippen LogP contribution in [0.3, 0.4) is 0 Å². The van der Waals surface area contributed by atoms with E-state index in [0.717, 1.165) is 28.8 Å². The van der Waals surface area contributed by atoms with Gasteiger partial charge >= 0.3 is 5.97 Å². The summed E-state index contributed by atoms with van der Waals surface area (Å²) >= 11 is 0. The van der Waals surface area contributed by atoms with E-state index < -0.39 is 0 Å². The quantitative estimate of drug-likeness (QED) is 0.788. The van der Waals surface area contributed by atoms with Gasteiger partial charge in [0.1, 0.15) is 0 Å². The first-order valence-corrected chi connectivity index (χ1v) is 8.26. The van der Waals surface area contributed by atoms with Crippen LogP contribution in [0.5, 0.6) is 0 Å². The predicted molar refractivity (Wildman–Crippen MR) is 92.9 cm³/mol. The molecular formula is C20H21NO3. The molecule has 0 saturated carbocycles. The second-order valence-corrected chi connectivity index (χ2v) is 6.10. The van der Waals surface area contributed by atoms with Crippen LogP contribution in [0, 0.1) is 0 Å². The number of carbonyl (C=O) groups excluding carboxylic acids is 2. The summed E-state index contributed by atoms with van der Waals surface area (Å²) in [6, 6.07) is 15.2. The van der Waals surface area contributed by atoms with Crippen molar-refractivity contribution in [3.05, 3.63) is 65.2 Å². The number of benzene rings is 2. The monoisotopic (exact) mass is 323 g/mol. The third-order valence-electron chi connectivity index (χ3n) is 4.33. The summed E-state index contributed by atoms with van der Waals surface area (Å²) < 4.78 is 5.29. The van der Waals surface area contributed by atoms with Crippen LogP contribution in [0.1, 0.15) is 41.8 Å². The fraction of sp³-hybridized carbons (Fsp3) is 0.300. The Morgan fingerprint density at radius 2 is 1.88 bits per heavy atom. The highest BCUT2D eigenvalue weighted by atomic mass is 16.5. The lowest BCUT2D eigenvalue weighted by Crippen LogP contribution is -2.23. The van der Waals surface area contributed by atoms with Gasteiger partial charge in [-0.3, -0.25) is 9.59 Å². The van der Waals surface area contributed by atoms with E-state index in [-0.39, 0.29) is 24.4 Å². The first-order chi connectivity index (χ1) is 11.6. The normalized spacial score (nSPS) is 14.4. The van der Waals surface area contributed by atoms with E-state index in [4.69, 9.17) is 4.74 Å². The smallest absolute Gasteiger partial charge is 0.310 e. The van der Waals surface area contributed by atoms with Crippen molar-refractivity contribution < 1.29 is 14.3 Å². The van der Waals surface area contributed by atoms with E-state index in [9.17, 15) is 9.59 Å². The highest BCUT2D eigenvalue weighted by molar-refractivity contribution is 6.09. The Kier molecular flexibility index (Phi) is 4.65. The molecule has 0 fully saturated rings. The average molecular weight is 323 g/mol. The van der Waals surface area contributed by atoms with E-state index >= 15 is 0 Å². The molecule has 0 bridgehead atoms. The zero-order valence-electron chi connectivity index (χ0n) is 14.0. The Morgan fingerprint density at radius 1 is 1.17 bits per heavy atom. The molecular weight excluding hydrogens is 302 g/mol. The fourth-order valence-corrected chi connectivity index (χ4v) is 2.77. The highest BCUT2D eigenvalue weighted by Gasteiger charge is 2.27. The van der Waals surface area contributed by atoms with Gasteiger partial charge < -0.3 is 9.64 Å². The van der Waals surface area contributed by atoms with Gasteiger partial charge in [0.15, 0.2) is 0 Å². The van der Waals surface area contributed by atoms with E-state index in [1.54, 1.807) is 4.90 Å². The first-order valence-electron chi connectivity index (χ1n) is 8.26. The maximum Gasteiger partial charge on any atom is 0.310 e. The van der Waals surface area contributed by atoms with Crippen LogP contribution in [-0.2, 0) is 22.5 Å².